The van der Waals surface area contributed by atoms with Crippen molar-refractivity contribution in [2.75, 3.05) is 12.5 Å². The van der Waals surface area contributed by atoms with E-state index in [4.69, 9.17) is 37.9 Å². The summed E-state index contributed by atoms with van der Waals surface area (Å²) >= 11 is 10.6. The van der Waals surface area contributed by atoms with Gasteiger partial charge in [-0.25, -0.2) is 9.13 Å². The molecule has 0 aliphatic heterocycles. The van der Waals surface area contributed by atoms with Crippen LogP contribution < -0.4 is 0 Å². The highest BCUT2D eigenvalue weighted by Crippen LogP contribution is 2.57. The van der Waals surface area contributed by atoms with Crippen LogP contribution in [0.2, 0.25) is 0 Å². The van der Waals surface area contributed by atoms with E-state index in [1.54, 1.807) is 0 Å². The maximum Gasteiger partial charge on any atom is 0.481 e. The number of alkyl halides is 2. The number of hydrogen-bond donors (Lipinski definition) is 3. The summed E-state index contributed by atoms with van der Waals surface area (Å²) in [6, 6.07) is 0. The monoisotopic (exact) mass is 288 g/mol. The Bertz CT molecular complexity index is 264. The minimum atomic E-state index is -5.07. The van der Waals surface area contributed by atoms with E-state index in [1.807, 2.05) is 0 Å². The van der Waals surface area contributed by atoms with Crippen LogP contribution in [-0.2, 0) is 18.0 Å². The van der Waals surface area contributed by atoms with Crippen molar-refractivity contribution >= 4 is 38.8 Å². The van der Waals surface area contributed by atoms with Crippen molar-refractivity contribution in [2.24, 2.45) is 0 Å². The number of hydrogen-bond acceptors (Lipinski definition) is 4. The Labute approximate surface area is 89.8 Å². The van der Waals surface area contributed by atoms with E-state index in [9.17, 15) is 9.13 Å². The average molecular weight is 289 g/mol. The molecule has 0 aliphatic rings. The molecular formula is C3H8Cl2O7P2. The zero-order valence-electron chi connectivity index (χ0n) is 6.62. The summed E-state index contributed by atoms with van der Waals surface area (Å²) in [6.45, 7) is -0.459. The first-order chi connectivity index (χ1) is 6.16. The van der Waals surface area contributed by atoms with Crippen molar-refractivity contribution in [3.63, 3.8) is 0 Å². The standard InChI is InChI=1S/C3H8Cl2O7P2/c4-1-3(5)2-11-14(9,10)12-13(6,7)8/h3H,1-2H2,(H,9,10)(H2,6,7,8). The van der Waals surface area contributed by atoms with E-state index in [0.29, 0.717) is 0 Å². The maximum absolute atomic E-state index is 10.8. The average Bonchev–Trinajstić information content (AvgIpc) is 1.96. The predicted octanol–water partition coefficient (Wildman–Crippen LogP) is 1.06. The van der Waals surface area contributed by atoms with Crippen molar-refractivity contribution < 1.29 is 32.6 Å². The van der Waals surface area contributed by atoms with Gasteiger partial charge in [-0.1, -0.05) is 0 Å². The Kier molecular flexibility index (Phi) is 6.14. The third-order valence-corrected chi connectivity index (χ3v) is 3.76. The van der Waals surface area contributed by atoms with Gasteiger partial charge in [0.1, 0.15) is 0 Å². The highest BCUT2D eigenvalue weighted by atomic mass is 35.5. The molecule has 0 bridgehead atoms. The molecule has 0 fully saturated rings. The van der Waals surface area contributed by atoms with E-state index in [1.165, 1.54) is 0 Å². The molecule has 0 saturated heterocycles. The minimum Gasteiger partial charge on any atom is -0.302 e. The molecule has 2 atom stereocenters. The Hall–Kier alpha value is 0.840. The van der Waals surface area contributed by atoms with Crippen LogP contribution in [0.25, 0.3) is 0 Å². The first kappa shape index (κ1) is 14.8. The summed E-state index contributed by atoms with van der Waals surface area (Å²) in [4.78, 5) is 25.1. The van der Waals surface area contributed by atoms with Crippen molar-refractivity contribution in [3.05, 3.63) is 0 Å². The quantitative estimate of drug-likeness (QED) is 0.494. The smallest absolute Gasteiger partial charge is 0.302 e. The first-order valence-electron chi connectivity index (χ1n) is 3.10. The molecule has 3 N–H and O–H groups in total. The van der Waals surface area contributed by atoms with E-state index in [-0.39, 0.29) is 5.88 Å². The van der Waals surface area contributed by atoms with Gasteiger partial charge in [0.05, 0.1) is 12.0 Å². The molecule has 0 heterocycles. The molecule has 14 heavy (non-hydrogen) atoms. The normalized spacial score (nSPS) is 18.9. The molecule has 0 rings (SSSR count). The molecule has 0 radical (unpaired) electrons. The molecule has 0 aromatic rings. The number of phosphoric acid groups is 2. The largest absolute Gasteiger partial charge is 0.481 e. The summed E-state index contributed by atoms with van der Waals surface area (Å²) in [6.07, 6.45) is 0. The third-order valence-electron chi connectivity index (χ3n) is 0.795. The fourth-order valence-corrected chi connectivity index (χ4v) is 2.25. The van der Waals surface area contributed by atoms with Crippen LogP contribution in [0.5, 0.6) is 0 Å². The van der Waals surface area contributed by atoms with Crippen molar-refractivity contribution in [1.82, 2.24) is 0 Å². The Morgan fingerprint density at radius 3 is 2.14 bits per heavy atom. The van der Waals surface area contributed by atoms with Gasteiger partial charge in [-0.05, 0) is 0 Å². The van der Waals surface area contributed by atoms with E-state index < -0.39 is 27.6 Å². The fourth-order valence-electron chi connectivity index (χ4n) is 0.378. The van der Waals surface area contributed by atoms with Crippen LogP contribution in [0.3, 0.4) is 0 Å². The molecule has 0 spiro atoms. The molecular weight excluding hydrogens is 281 g/mol. The number of rotatable bonds is 6. The van der Waals surface area contributed by atoms with Gasteiger partial charge in [-0.2, -0.15) is 4.31 Å². The predicted molar refractivity (Wildman–Crippen MR) is 49.3 cm³/mol. The van der Waals surface area contributed by atoms with Crippen LogP contribution in [0, 0.1) is 0 Å². The van der Waals surface area contributed by atoms with Gasteiger partial charge in [-0.15, -0.1) is 23.2 Å². The molecule has 0 aromatic heterocycles. The van der Waals surface area contributed by atoms with Gasteiger partial charge < -0.3 is 14.7 Å². The second-order valence-corrected chi connectivity index (χ2v) is 5.84. The zero-order valence-corrected chi connectivity index (χ0v) is 9.92. The molecule has 0 aromatic carbocycles. The lowest BCUT2D eigenvalue weighted by Gasteiger charge is -2.13. The van der Waals surface area contributed by atoms with Crippen LogP contribution in [0.15, 0.2) is 0 Å². The van der Waals surface area contributed by atoms with Gasteiger partial charge in [0.15, 0.2) is 0 Å². The van der Waals surface area contributed by atoms with Crippen LogP contribution in [0.4, 0.5) is 0 Å². The molecule has 7 nitrogen and oxygen atoms in total. The van der Waals surface area contributed by atoms with Crippen molar-refractivity contribution in [2.45, 2.75) is 5.38 Å². The second-order valence-electron chi connectivity index (χ2n) is 2.09. The highest BCUT2D eigenvalue weighted by Gasteiger charge is 2.32. The van der Waals surface area contributed by atoms with E-state index in [0.717, 1.165) is 0 Å². The Morgan fingerprint density at radius 2 is 1.79 bits per heavy atom. The Morgan fingerprint density at radius 1 is 1.29 bits per heavy atom. The zero-order chi connectivity index (χ0) is 11.4. The second kappa shape index (κ2) is 5.80. The lowest BCUT2D eigenvalue weighted by atomic mass is 10.5. The molecule has 0 aliphatic carbocycles. The summed E-state index contributed by atoms with van der Waals surface area (Å²) < 4.78 is 28.5. The molecule has 0 amide bonds. The summed E-state index contributed by atoms with van der Waals surface area (Å²) in [5.41, 5.74) is 0. The highest BCUT2D eigenvalue weighted by molar-refractivity contribution is 7.60. The lowest BCUT2D eigenvalue weighted by Crippen LogP contribution is -2.09. The summed E-state index contributed by atoms with van der Waals surface area (Å²) in [5, 5.41) is -0.752. The molecule has 0 saturated carbocycles. The van der Waals surface area contributed by atoms with Gasteiger partial charge in [0, 0.05) is 5.88 Å². The number of halogens is 2. The SMILES string of the molecule is O=P(O)(O)OP(=O)(O)OCC(Cl)CCl. The van der Waals surface area contributed by atoms with Gasteiger partial charge >= 0.3 is 15.6 Å². The van der Waals surface area contributed by atoms with Crippen LogP contribution in [0.1, 0.15) is 0 Å². The first-order valence-corrected chi connectivity index (χ1v) is 7.10. The van der Waals surface area contributed by atoms with Crippen LogP contribution in [-0.4, -0.2) is 32.5 Å². The van der Waals surface area contributed by atoms with Crippen molar-refractivity contribution in [1.29, 1.82) is 0 Å². The summed E-state index contributed by atoms with van der Waals surface area (Å²) in [7, 11) is -9.86. The minimum absolute atomic E-state index is 0.0442. The Balaban J connectivity index is 4.09. The lowest BCUT2D eigenvalue weighted by molar-refractivity contribution is 0.180. The van der Waals surface area contributed by atoms with E-state index >= 15 is 0 Å². The maximum atomic E-state index is 10.8. The van der Waals surface area contributed by atoms with Gasteiger partial charge in [-0.3, -0.25) is 4.52 Å². The summed E-state index contributed by atoms with van der Waals surface area (Å²) in [5.74, 6) is -0.0442. The van der Waals surface area contributed by atoms with Crippen LogP contribution >= 0.6 is 38.8 Å². The number of phosphoric ester groups is 1. The third kappa shape index (κ3) is 8.17. The van der Waals surface area contributed by atoms with E-state index in [2.05, 4.69) is 8.83 Å². The van der Waals surface area contributed by atoms with Gasteiger partial charge in [0.2, 0.25) is 0 Å². The van der Waals surface area contributed by atoms with Gasteiger partial charge in [0.25, 0.3) is 0 Å². The molecule has 2 unspecified atom stereocenters. The van der Waals surface area contributed by atoms with Crippen molar-refractivity contribution in [3.8, 4) is 0 Å². The fraction of sp³-hybridized carbons (Fsp3) is 1.00. The topological polar surface area (TPSA) is 113 Å². The molecule has 86 valence electrons. The molecule has 11 heteroatoms.